The van der Waals surface area contributed by atoms with Crippen LogP contribution in [-0.2, 0) is 6.54 Å². The first-order chi connectivity index (χ1) is 15.8. The number of hydrogen-bond donors (Lipinski definition) is 0. The van der Waals surface area contributed by atoms with E-state index in [9.17, 15) is 14.0 Å². The van der Waals surface area contributed by atoms with Crippen LogP contribution in [0.25, 0.3) is 22.6 Å². The van der Waals surface area contributed by atoms with Crippen molar-refractivity contribution in [1.29, 1.82) is 5.26 Å². The molecule has 0 fully saturated rings. The quantitative estimate of drug-likeness (QED) is 0.480. The second-order valence-corrected chi connectivity index (χ2v) is 7.83. The van der Waals surface area contributed by atoms with Gasteiger partial charge in [-0.15, -0.1) is 0 Å². The van der Waals surface area contributed by atoms with E-state index in [2.05, 4.69) is 5.10 Å². The number of aromatic nitrogens is 4. The minimum Gasteiger partial charge on any atom is -0.268 e. The summed E-state index contributed by atoms with van der Waals surface area (Å²) in [6.45, 7) is 7.31. The lowest BCUT2D eigenvalue weighted by molar-refractivity contribution is 0.610. The molecule has 0 N–H and O–H groups in total. The van der Waals surface area contributed by atoms with Gasteiger partial charge in [0.2, 0.25) is 0 Å². The van der Waals surface area contributed by atoms with E-state index in [-0.39, 0.29) is 23.4 Å². The Morgan fingerprint density at radius 1 is 1.09 bits per heavy atom. The summed E-state index contributed by atoms with van der Waals surface area (Å²) in [5.41, 5.74) is 2.71. The Kier molecular flexibility index (Phi) is 5.56. The summed E-state index contributed by atoms with van der Waals surface area (Å²) in [4.78, 5) is 26.7. The van der Waals surface area contributed by atoms with Gasteiger partial charge in [0.25, 0.3) is 5.56 Å². The highest BCUT2D eigenvalue weighted by atomic mass is 19.1. The average molecular weight is 443 g/mol. The van der Waals surface area contributed by atoms with E-state index in [0.29, 0.717) is 22.6 Å². The zero-order valence-electron chi connectivity index (χ0n) is 18.8. The lowest BCUT2D eigenvalue weighted by Crippen LogP contribution is -2.41. The van der Waals surface area contributed by atoms with E-state index in [1.54, 1.807) is 33.0 Å². The molecule has 0 amide bonds. The maximum absolute atomic E-state index is 14.9. The molecular weight excluding hydrogens is 421 g/mol. The maximum atomic E-state index is 14.9. The van der Waals surface area contributed by atoms with E-state index in [0.717, 1.165) is 16.2 Å². The molecule has 4 aromatic rings. The molecule has 2 heterocycles. The Balaban J connectivity index is 2.09. The monoisotopic (exact) mass is 443 g/mol. The molecule has 33 heavy (non-hydrogen) atoms. The van der Waals surface area contributed by atoms with Crippen LogP contribution in [0.15, 0.2) is 58.3 Å². The van der Waals surface area contributed by atoms with Gasteiger partial charge in [0.1, 0.15) is 11.5 Å². The lowest BCUT2D eigenvalue weighted by atomic mass is 10.1. The molecule has 0 radical (unpaired) electrons. The number of hydrogen-bond acceptors (Lipinski definition) is 4. The van der Waals surface area contributed by atoms with Gasteiger partial charge < -0.3 is 0 Å². The molecule has 2 aromatic heterocycles. The summed E-state index contributed by atoms with van der Waals surface area (Å²) in [6.07, 6.45) is 1.55. The Bertz CT molecular complexity index is 1550. The highest BCUT2D eigenvalue weighted by molar-refractivity contribution is 5.68. The normalized spacial score (nSPS) is 10.9. The minimum absolute atomic E-state index is 0.104. The summed E-state index contributed by atoms with van der Waals surface area (Å²) in [6, 6.07) is 13.4. The summed E-state index contributed by atoms with van der Waals surface area (Å²) in [7, 11) is 0. The highest BCUT2D eigenvalue weighted by Crippen LogP contribution is 2.28. The fourth-order valence-electron chi connectivity index (χ4n) is 4.04. The van der Waals surface area contributed by atoms with Crippen LogP contribution >= 0.6 is 0 Å². The van der Waals surface area contributed by atoms with Gasteiger partial charge in [-0.3, -0.25) is 13.9 Å². The smallest absolute Gasteiger partial charge is 0.268 e. The van der Waals surface area contributed by atoms with Crippen LogP contribution in [-0.4, -0.2) is 18.9 Å². The predicted octanol–water partition coefficient (Wildman–Crippen LogP) is 3.81. The fourth-order valence-corrected chi connectivity index (χ4v) is 4.04. The van der Waals surface area contributed by atoms with Gasteiger partial charge in [-0.1, -0.05) is 12.1 Å². The van der Waals surface area contributed by atoms with E-state index in [1.807, 2.05) is 31.2 Å². The first-order valence-corrected chi connectivity index (χ1v) is 10.5. The van der Waals surface area contributed by atoms with Crippen LogP contribution in [0.2, 0.25) is 0 Å². The molecular formula is C25H22FN5O2. The molecule has 0 aliphatic rings. The first kappa shape index (κ1) is 22.0. The van der Waals surface area contributed by atoms with E-state index >= 15 is 0 Å². The molecule has 4 rings (SSSR count). The van der Waals surface area contributed by atoms with Crippen molar-refractivity contribution in [3.05, 3.63) is 97.7 Å². The van der Waals surface area contributed by atoms with Crippen LogP contribution in [0.1, 0.15) is 29.3 Å². The van der Waals surface area contributed by atoms with Crippen LogP contribution in [0.4, 0.5) is 4.39 Å². The third-order valence-corrected chi connectivity index (χ3v) is 5.65. The molecule has 166 valence electrons. The summed E-state index contributed by atoms with van der Waals surface area (Å²) in [5.74, 6) is -0.640. The van der Waals surface area contributed by atoms with Crippen molar-refractivity contribution in [2.24, 2.45) is 0 Å². The number of aryl methyl sites for hydroxylation is 2. The van der Waals surface area contributed by atoms with Gasteiger partial charge in [0, 0.05) is 12.2 Å². The Labute approximate surface area is 189 Å². The van der Waals surface area contributed by atoms with Crippen molar-refractivity contribution < 1.29 is 4.39 Å². The SMILES string of the molecule is CCn1c(=O)c(-c2c(C)cnn2-c2ccc(C#N)cc2F)c(C)n(-c2cccc(C)c2)c1=O. The summed E-state index contributed by atoms with van der Waals surface area (Å²) >= 11 is 0. The van der Waals surface area contributed by atoms with Gasteiger partial charge in [-0.25, -0.2) is 13.9 Å². The topological polar surface area (TPSA) is 85.6 Å². The fraction of sp³-hybridized carbons (Fsp3) is 0.200. The van der Waals surface area contributed by atoms with Crippen molar-refractivity contribution in [3.63, 3.8) is 0 Å². The van der Waals surface area contributed by atoms with E-state index < -0.39 is 17.1 Å². The minimum atomic E-state index is -0.640. The third-order valence-electron chi connectivity index (χ3n) is 5.65. The Morgan fingerprint density at radius 3 is 2.48 bits per heavy atom. The Morgan fingerprint density at radius 2 is 1.85 bits per heavy atom. The van der Waals surface area contributed by atoms with Crippen LogP contribution in [0, 0.1) is 37.9 Å². The van der Waals surface area contributed by atoms with Gasteiger partial charge in [0.15, 0.2) is 0 Å². The largest absolute Gasteiger partial charge is 0.335 e. The maximum Gasteiger partial charge on any atom is 0.335 e. The van der Waals surface area contributed by atoms with E-state index in [4.69, 9.17) is 5.26 Å². The molecule has 8 heteroatoms. The van der Waals surface area contributed by atoms with Crippen LogP contribution in [0.3, 0.4) is 0 Å². The molecule has 0 saturated carbocycles. The standard InChI is InChI=1S/C25H22FN5O2/c1-5-29-24(32)22(17(4)30(25(29)33)19-8-6-7-15(2)11-19)23-16(3)14-28-31(23)21-10-9-18(13-27)12-20(21)26/h6-12,14H,5H2,1-4H3. The number of halogens is 1. The van der Waals surface area contributed by atoms with Gasteiger partial charge in [-0.05, 0) is 69.2 Å². The molecule has 0 atom stereocenters. The van der Waals surface area contributed by atoms with Crippen LogP contribution < -0.4 is 11.2 Å². The molecule has 0 unspecified atom stereocenters. The predicted molar refractivity (Wildman–Crippen MR) is 123 cm³/mol. The van der Waals surface area contributed by atoms with Crippen molar-refractivity contribution >= 4 is 0 Å². The molecule has 0 saturated heterocycles. The first-order valence-electron chi connectivity index (χ1n) is 10.5. The van der Waals surface area contributed by atoms with E-state index in [1.165, 1.54) is 21.4 Å². The third kappa shape index (κ3) is 3.57. The van der Waals surface area contributed by atoms with Gasteiger partial charge in [-0.2, -0.15) is 10.4 Å². The molecule has 7 nitrogen and oxygen atoms in total. The number of rotatable bonds is 4. The zero-order chi connectivity index (χ0) is 23.9. The van der Waals surface area contributed by atoms with Gasteiger partial charge in [0.05, 0.1) is 34.8 Å². The number of benzene rings is 2. The molecule has 0 spiro atoms. The zero-order valence-corrected chi connectivity index (χ0v) is 18.8. The summed E-state index contributed by atoms with van der Waals surface area (Å²) < 4.78 is 18.9. The second kappa shape index (κ2) is 8.36. The molecule has 2 aromatic carbocycles. The molecule has 0 aliphatic carbocycles. The molecule has 0 aliphatic heterocycles. The summed E-state index contributed by atoms with van der Waals surface area (Å²) in [5, 5.41) is 13.4. The lowest BCUT2D eigenvalue weighted by Gasteiger charge is -2.18. The highest BCUT2D eigenvalue weighted by Gasteiger charge is 2.24. The van der Waals surface area contributed by atoms with Crippen molar-refractivity contribution in [1.82, 2.24) is 18.9 Å². The average Bonchev–Trinajstić information content (AvgIpc) is 3.15. The van der Waals surface area contributed by atoms with Crippen molar-refractivity contribution in [3.8, 4) is 28.7 Å². The molecule has 0 bridgehead atoms. The second-order valence-electron chi connectivity index (χ2n) is 7.83. The number of nitrogens with zero attached hydrogens (tertiary/aromatic N) is 5. The van der Waals surface area contributed by atoms with Crippen LogP contribution in [0.5, 0.6) is 0 Å². The van der Waals surface area contributed by atoms with Gasteiger partial charge >= 0.3 is 5.69 Å². The Hall–Kier alpha value is -4.25. The van der Waals surface area contributed by atoms with Crippen molar-refractivity contribution in [2.45, 2.75) is 34.2 Å². The van der Waals surface area contributed by atoms with Crippen molar-refractivity contribution in [2.75, 3.05) is 0 Å². The number of nitriles is 1.